The summed E-state index contributed by atoms with van der Waals surface area (Å²) in [6.07, 6.45) is 1.63. The van der Waals surface area contributed by atoms with Gasteiger partial charge in [0.2, 0.25) is 6.29 Å². The number of hydrogen-bond donors (Lipinski definition) is 1. The zero-order chi connectivity index (χ0) is 11.1. The molecule has 0 saturated carbocycles. The summed E-state index contributed by atoms with van der Waals surface area (Å²) < 4.78 is 15.7. The van der Waals surface area contributed by atoms with Crippen molar-refractivity contribution in [1.82, 2.24) is 0 Å². The lowest BCUT2D eigenvalue weighted by Crippen LogP contribution is -2.28. The molecule has 1 fully saturated rings. The van der Waals surface area contributed by atoms with Crippen molar-refractivity contribution in [2.75, 3.05) is 19.8 Å². The summed E-state index contributed by atoms with van der Waals surface area (Å²) >= 11 is 0. The first kappa shape index (κ1) is 12.4. The second-order valence-electron chi connectivity index (χ2n) is 3.54. The molecule has 2 unspecified atom stereocenters. The van der Waals surface area contributed by atoms with Crippen molar-refractivity contribution in [2.24, 2.45) is 0 Å². The number of aliphatic hydroxyl groups excluding tert-OH is 1. The topological polar surface area (TPSA) is 65.0 Å². The van der Waals surface area contributed by atoms with Crippen LogP contribution in [0.15, 0.2) is 0 Å². The summed E-state index contributed by atoms with van der Waals surface area (Å²) in [5, 5.41) is 8.96. The summed E-state index contributed by atoms with van der Waals surface area (Å²) in [6, 6.07) is 0. The van der Waals surface area contributed by atoms with Gasteiger partial charge >= 0.3 is 5.97 Å². The summed E-state index contributed by atoms with van der Waals surface area (Å²) in [6.45, 7) is 2.15. The largest absolute Gasteiger partial charge is 0.436 e. The van der Waals surface area contributed by atoms with E-state index in [2.05, 4.69) is 0 Å². The number of carbonyl (C=O) groups excluding carboxylic acids is 1. The van der Waals surface area contributed by atoms with E-state index < -0.39 is 6.29 Å². The molecule has 1 saturated heterocycles. The number of ether oxygens (including phenoxy) is 3. The fourth-order valence-corrected chi connectivity index (χ4v) is 1.39. The molecule has 0 aromatic heterocycles. The molecule has 0 spiro atoms. The summed E-state index contributed by atoms with van der Waals surface area (Å²) in [4.78, 5) is 10.8. The zero-order valence-electron chi connectivity index (χ0n) is 8.98. The Morgan fingerprint density at radius 1 is 1.47 bits per heavy atom. The van der Waals surface area contributed by atoms with E-state index >= 15 is 0 Å². The third kappa shape index (κ3) is 5.11. The maximum absolute atomic E-state index is 10.8. The molecule has 5 heteroatoms. The molecule has 1 heterocycles. The van der Waals surface area contributed by atoms with E-state index in [0.29, 0.717) is 13.0 Å². The van der Waals surface area contributed by atoms with Gasteiger partial charge in [0.1, 0.15) is 6.10 Å². The summed E-state index contributed by atoms with van der Waals surface area (Å²) in [5.74, 6) is -0.347. The first-order valence-corrected chi connectivity index (χ1v) is 5.23. The van der Waals surface area contributed by atoms with E-state index in [-0.39, 0.29) is 25.3 Å². The van der Waals surface area contributed by atoms with Gasteiger partial charge in [-0.25, -0.2) is 0 Å². The van der Waals surface area contributed by atoms with Crippen molar-refractivity contribution < 1.29 is 24.1 Å². The predicted molar refractivity (Wildman–Crippen MR) is 52.2 cm³/mol. The van der Waals surface area contributed by atoms with Gasteiger partial charge in [0, 0.05) is 20.0 Å². The smallest absolute Gasteiger partial charge is 0.304 e. The highest BCUT2D eigenvalue weighted by atomic mass is 16.7. The van der Waals surface area contributed by atoms with E-state index in [1.54, 1.807) is 0 Å². The molecular weight excluding hydrogens is 200 g/mol. The Labute approximate surface area is 89.3 Å². The van der Waals surface area contributed by atoms with Crippen LogP contribution < -0.4 is 0 Å². The number of esters is 1. The number of rotatable bonds is 2. The molecule has 0 aliphatic carbocycles. The second-order valence-corrected chi connectivity index (χ2v) is 3.54. The van der Waals surface area contributed by atoms with Gasteiger partial charge in [0.05, 0.1) is 13.2 Å². The fraction of sp³-hybridized carbons (Fsp3) is 0.900. The molecule has 2 atom stereocenters. The average molecular weight is 218 g/mol. The van der Waals surface area contributed by atoms with Gasteiger partial charge in [0.15, 0.2) is 0 Å². The Hall–Kier alpha value is -0.650. The number of carbonyl (C=O) groups is 1. The number of aliphatic hydroxyl groups is 1. The van der Waals surface area contributed by atoms with E-state index in [1.165, 1.54) is 6.92 Å². The molecule has 0 bridgehead atoms. The molecule has 1 aliphatic rings. The van der Waals surface area contributed by atoms with Gasteiger partial charge < -0.3 is 19.3 Å². The SMILES string of the molecule is CC(=O)OC1CCCCOC(CO)CO1. The van der Waals surface area contributed by atoms with Crippen molar-refractivity contribution in [3.8, 4) is 0 Å². The van der Waals surface area contributed by atoms with Crippen LogP contribution in [0.5, 0.6) is 0 Å². The van der Waals surface area contributed by atoms with Crippen molar-refractivity contribution in [3.05, 3.63) is 0 Å². The Morgan fingerprint density at radius 2 is 2.27 bits per heavy atom. The molecule has 1 aliphatic heterocycles. The molecule has 1 rings (SSSR count). The molecule has 0 amide bonds. The van der Waals surface area contributed by atoms with Crippen LogP contribution in [0, 0.1) is 0 Å². The first-order chi connectivity index (χ1) is 7.22. The van der Waals surface area contributed by atoms with Crippen LogP contribution in [0.1, 0.15) is 26.2 Å². The van der Waals surface area contributed by atoms with Gasteiger partial charge in [-0.1, -0.05) is 0 Å². The molecule has 0 radical (unpaired) electrons. The predicted octanol–water partition coefficient (Wildman–Crippen LogP) is 0.454. The van der Waals surface area contributed by atoms with Crippen LogP contribution in [0.3, 0.4) is 0 Å². The highest BCUT2D eigenvalue weighted by Crippen LogP contribution is 2.11. The first-order valence-electron chi connectivity index (χ1n) is 5.23. The van der Waals surface area contributed by atoms with Crippen molar-refractivity contribution >= 4 is 5.97 Å². The Bertz CT molecular complexity index is 194. The van der Waals surface area contributed by atoms with Gasteiger partial charge in [0.25, 0.3) is 0 Å². The normalized spacial score (nSPS) is 28.7. The lowest BCUT2D eigenvalue weighted by atomic mass is 10.2. The van der Waals surface area contributed by atoms with Gasteiger partial charge in [-0.2, -0.15) is 0 Å². The quantitative estimate of drug-likeness (QED) is 0.682. The van der Waals surface area contributed by atoms with Gasteiger partial charge in [-0.05, 0) is 12.8 Å². The summed E-state index contributed by atoms with van der Waals surface area (Å²) in [7, 11) is 0. The van der Waals surface area contributed by atoms with Crippen molar-refractivity contribution in [3.63, 3.8) is 0 Å². The highest BCUT2D eigenvalue weighted by molar-refractivity contribution is 5.66. The lowest BCUT2D eigenvalue weighted by Gasteiger charge is -2.18. The zero-order valence-corrected chi connectivity index (χ0v) is 8.98. The molecule has 15 heavy (non-hydrogen) atoms. The van der Waals surface area contributed by atoms with Crippen LogP contribution in [0.25, 0.3) is 0 Å². The lowest BCUT2D eigenvalue weighted by molar-refractivity contribution is -0.184. The Balaban J connectivity index is 2.39. The highest BCUT2D eigenvalue weighted by Gasteiger charge is 2.18. The Kier molecular flexibility index (Phi) is 5.60. The molecule has 88 valence electrons. The average Bonchev–Trinajstić information content (AvgIpc) is 2.29. The van der Waals surface area contributed by atoms with E-state index in [9.17, 15) is 4.79 Å². The maximum atomic E-state index is 10.8. The minimum atomic E-state index is -0.502. The van der Waals surface area contributed by atoms with Crippen LogP contribution in [0.2, 0.25) is 0 Å². The van der Waals surface area contributed by atoms with E-state index in [1.807, 2.05) is 0 Å². The molecule has 0 aromatic rings. The maximum Gasteiger partial charge on any atom is 0.304 e. The van der Waals surface area contributed by atoms with Crippen molar-refractivity contribution in [1.29, 1.82) is 0 Å². The third-order valence-corrected chi connectivity index (χ3v) is 2.16. The van der Waals surface area contributed by atoms with Crippen LogP contribution in [0.4, 0.5) is 0 Å². The monoisotopic (exact) mass is 218 g/mol. The second kappa shape index (κ2) is 6.76. The molecule has 1 N–H and O–H groups in total. The third-order valence-electron chi connectivity index (χ3n) is 2.16. The van der Waals surface area contributed by atoms with Gasteiger partial charge in [-0.15, -0.1) is 0 Å². The minimum Gasteiger partial charge on any atom is -0.436 e. The van der Waals surface area contributed by atoms with E-state index in [4.69, 9.17) is 19.3 Å². The summed E-state index contributed by atoms with van der Waals surface area (Å²) in [5.41, 5.74) is 0. The minimum absolute atomic E-state index is 0.0766. The van der Waals surface area contributed by atoms with Crippen LogP contribution >= 0.6 is 0 Å². The molecular formula is C10H18O5. The van der Waals surface area contributed by atoms with Crippen LogP contribution in [-0.2, 0) is 19.0 Å². The fourth-order valence-electron chi connectivity index (χ4n) is 1.39. The van der Waals surface area contributed by atoms with Crippen molar-refractivity contribution in [2.45, 2.75) is 38.6 Å². The number of hydrogen-bond acceptors (Lipinski definition) is 5. The van der Waals surface area contributed by atoms with E-state index in [0.717, 1.165) is 12.8 Å². The van der Waals surface area contributed by atoms with Gasteiger partial charge in [-0.3, -0.25) is 4.79 Å². The Morgan fingerprint density at radius 3 is 2.93 bits per heavy atom. The van der Waals surface area contributed by atoms with Crippen LogP contribution in [-0.4, -0.2) is 43.3 Å². The molecule has 5 nitrogen and oxygen atoms in total. The molecule has 0 aromatic carbocycles. The standard InChI is InChI=1S/C10H18O5/c1-8(12)15-10-4-2-3-5-13-9(6-11)7-14-10/h9-11H,2-7H2,1H3.